The fraction of sp³-hybridized carbons (Fsp3) is 0.457. The molecule has 0 bridgehead atoms. The van der Waals surface area contributed by atoms with Crippen LogP contribution in [0.5, 0.6) is 17.2 Å². The van der Waals surface area contributed by atoms with Gasteiger partial charge in [-0.2, -0.15) is 4.31 Å². The van der Waals surface area contributed by atoms with Gasteiger partial charge in [0.2, 0.25) is 15.8 Å². The minimum atomic E-state index is -4.01. The van der Waals surface area contributed by atoms with Crippen molar-refractivity contribution in [2.75, 3.05) is 41.1 Å². The van der Waals surface area contributed by atoms with E-state index in [1.54, 1.807) is 19.1 Å². The number of esters is 1. The topological polar surface area (TPSA) is 110 Å². The lowest BCUT2D eigenvalue weighted by Crippen LogP contribution is -2.51. The lowest BCUT2D eigenvalue weighted by molar-refractivity contribution is -0.162. The number of sulfonamides is 1. The second kappa shape index (κ2) is 17.3. The SMILES string of the molecule is CCC(c1cc(OC)c(OC)c(OC)c1)S(=O)(=O)N1CCCC[C@H]1C(=O)OC(COCc1ccccc1)COCc1ccccc1. The van der Waals surface area contributed by atoms with E-state index in [2.05, 4.69) is 0 Å². The molecule has 11 heteroatoms. The molecular weight excluding hydrogens is 610 g/mol. The largest absolute Gasteiger partial charge is 0.493 e. The van der Waals surface area contributed by atoms with Crippen LogP contribution in [0.15, 0.2) is 72.8 Å². The summed E-state index contributed by atoms with van der Waals surface area (Å²) in [6.45, 7) is 2.88. The van der Waals surface area contributed by atoms with E-state index in [4.69, 9.17) is 28.4 Å². The molecule has 250 valence electrons. The van der Waals surface area contributed by atoms with Crippen molar-refractivity contribution < 1.29 is 41.6 Å². The molecule has 1 aliphatic heterocycles. The third-order valence-corrected chi connectivity index (χ3v) is 10.4. The number of methoxy groups -OCH3 is 3. The van der Waals surface area contributed by atoms with Gasteiger partial charge in [-0.1, -0.05) is 67.6 Å². The monoisotopic (exact) mass is 655 g/mol. The Bertz CT molecular complexity index is 1410. The molecule has 10 nitrogen and oxygen atoms in total. The number of piperidine rings is 1. The van der Waals surface area contributed by atoms with Crippen molar-refractivity contribution in [3.05, 3.63) is 89.5 Å². The Hall–Kier alpha value is -3.64. The minimum Gasteiger partial charge on any atom is -0.493 e. The van der Waals surface area contributed by atoms with Crippen LogP contribution in [0.3, 0.4) is 0 Å². The molecule has 3 aromatic carbocycles. The van der Waals surface area contributed by atoms with E-state index in [1.807, 2.05) is 60.7 Å². The standard InChI is InChI=1S/C35H45NO9S/c1-5-33(28-20-31(40-2)34(42-4)32(21-28)41-3)46(38,39)36-19-13-12-18-30(36)35(37)45-29(24-43-22-26-14-8-6-9-15-26)25-44-23-27-16-10-7-11-17-27/h6-11,14-17,20-21,29-30,33H,5,12-13,18-19,22-25H2,1-4H3/t30-,33?/m0/s1. The quantitative estimate of drug-likeness (QED) is 0.169. The highest BCUT2D eigenvalue weighted by Gasteiger charge is 2.42. The number of carbonyl (C=O) groups excluding carboxylic acids is 1. The van der Waals surface area contributed by atoms with Crippen LogP contribution < -0.4 is 14.2 Å². The molecule has 3 aromatic rings. The Morgan fingerprint density at radius 2 is 1.37 bits per heavy atom. The van der Waals surface area contributed by atoms with Gasteiger partial charge in [-0.05, 0) is 54.5 Å². The van der Waals surface area contributed by atoms with Crippen molar-refractivity contribution >= 4 is 16.0 Å². The molecule has 0 N–H and O–H groups in total. The van der Waals surface area contributed by atoms with Crippen LogP contribution in [0.2, 0.25) is 0 Å². The molecular formula is C35H45NO9S. The summed E-state index contributed by atoms with van der Waals surface area (Å²) in [6.07, 6.45) is 1.23. The first-order valence-corrected chi connectivity index (χ1v) is 17.1. The summed E-state index contributed by atoms with van der Waals surface area (Å²) < 4.78 is 64.1. The van der Waals surface area contributed by atoms with Crippen molar-refractivity contribution in [1.29, 1.82) is 0 Å². The van der Waals surface area contributed by atoms with Crippen molar-refractivity contribution in [3.63, 3.8) is 0 Å². The van der Waals surface area contributed by atoms with Gasteiger partial charge >= 0.3 is 5.97 Å². The van der Waals surface area contributed by atoms with Crippen molar-refractivity contribution in [2.24, 2.45) is 0 Å². The van der Waals surface area contributed by atoms with Gasteiger partial charge in [0, 0.05) is 6.54 Å². The maximum Gasteiger partial charge on any atom is 0.324 e. The van der Waals surface area contributed by atoms with Gasteiger partial charge in [-0.15, -0.1) is 0 Å². The zero-order chi connectivity index (χ0) is 32.9. The van der Waals surface area contributed by atoms with Gasteiger partial charge in [0.1, 0.15) is 17.4 Å². The molecule has 1 heterocycles. The van der Waals surface area contributed by atoms with E-state index in [9.17, 15) is 13.2 Å². The van der Waals surface area contributed by atoms with Gasteiger partial charge < -0.3 is 28.4 Å². The van der Waals surface area contributed by atoms with Crippen molar-refractivity contribution in [1.82, 2.24) is 4.31 Å². The first kappa shape index (κ1) is 35.2. The average molecular weight is 656 g/mol. The summed E-state index contributed by atoms with van der Waals surface area (Å²) in [5.74, 6) is 0.470. The number of benzene rings is 3. The van der Waals surface area contributed by atoms with Crippen LogP contribution in [0.1, 0.15) is 54.5 Å². The third kappa shape index (κ3) is 9.00. The van der Waals surface area contributed by atoms with E-state index < -0.39 is 33.4 Å². The molecule has 2 atom stereocenters. The highest BCUT2D eigenvalue weighted by molar-refractivity contribution is 7.89. The van der Waals surface area contributed by atoms with E-state index in [0.717, 1.165) is 11.1 Å². The molecule has 0 amide bonds. The first-order valence-electron chi connectivity index (χ1n) is 15.6. The maximum atomic E-state index is 14.3. The molecule has 1 fully saturated rings. The number of ether oxygens (including phenoxy) is 6. The summed E-state index contributed by atoms with van der Waals surface area (Å²) in [6, 6.07) is 21.7. The predicted molar refractivity (Wildman–Crippen MR) is 174 cm³/mol. The lowest BCUT2D eigenvalue weighted by atomic mass is 10.1. The summed E-state index contributed by atoms with van der Waals surface area (Å²) >= 11 is 0. The number of carbonyl (C=O) groups is 1. The number of nitrogens with zero attached hydrogens (tertiary/aromatic N) is 1. The molecule has 1 saturated heterocycles. The van der Waals surface area contributed by atoms with Gasteiger partial charge in [-0.25, -0.2) is 8.42 Å². The van der Waals surface area contributed by atoms with Crippen molar-refractivity contribution in [3.8, 4) is 17.2 Å². The Morgan fingerprint density at radius 1 is 0.826 bits per heavy atom. The average Bonchev–Trinajstić information content (AvgIpc) is 3.08. The Kier molecular flexibility index (Phi) is 13.3. The van der Waals surface area contributed by atoms with Crippen molar-refractivity contribution in [2.45, 2.75) is 63.2 Å². The molecule has 1 unspecified atom stereocenters. The van der Waals surface area contributed by atoms with Crippen LogP contribution in [0, 0.1) is 0 Å². The highest BCUT2D eigenvalue weighted by Crippen LogP contribution is 2.43. The Labute approximate surface area is 272 Å². The lowest BCUT2D eigenvalue weighted by Gasteiger charge is -2.36. The predicted octanol–water partition coefficient (Wildman–Crippen LogP) is 5.69. The minimum absolute atomic E-state index is 0.0952. The van der Waals surface area contributed by atoms with Crippen LogP contribution in [0.25, 0.3) is 0 Å². The zero-order valence-corrected chi connectivity index (χ0v) is 27.9. The van der Waals surface area contributed by atoms with Gasteiger partial charge in [-0.3, -0.25) is 4.79 Å². The van der Waals surface area contributed by atoms with Gasteiger partial charge in [0.05, 0.1) is 47.8 Å². The van der Waals surface area contributed by atoms with E-state index in [0.29, 0.717) is 55.3 Å². The number of rotatable bonds is 17. The second-order valence-electron chi connectivity index (χ2n) is 11.1. The van der Waals surface area contributed by atoms with Crippen LogP contribution >= 0.6 is 0 Å². The summed E-state index contributed by atoms with van der Waals surface area (Å²) in [7, 11) is 0.442. The molecule has 0 radical (unpaired) electrons. The van der Waals surface area contributed by atoms with E-state index >= 15 is 0 Å². The smallest absolute Gasteiger partial charge is 0.324 e. The maximum absolute atomic E-state index is 14.3. The molecule has 0 saturated carbocycles. The summed E-state index contributed by atoms with van der Waals surface area (Å²) in [4.78, 5) is 13.8. The molecule has 0 aliphatic carbocycles. The molecule has 0 aromatic heterocycles. The van der Waals surface area contributed by atoms with Crippen LogP contribution in [-0.2, 0) is 42.2 Å². The number of hydrogen-bond acceptors (Lipinski definition) is 9. The van der Waals surface area contributed by atoms with E-state index in [1.165, 1.54) is 25.6 Å². The Balaban J connectivity index is 1.52. The fourth-order valence-corrected chi connectivity index (χ4v) is 7.80. The molecule has 46 heavy (non-hydrogen) atoms. The first-order chi connectivity index (χ1) is 22.3. The van der Waals surface area contributed by atoms with E-state index in [-0.39, 0.29) is 26.2 Å². The molecule has 0 spiro atoms. The van der Waals surface area contributed by atoms with Crippen LogP contribution in [0.4, 0.5) is 0 Å². The molecule has 1 aliphatic rings. The Morgan fingerprint density at radius 3 is 1.85 bits per heavy atom. The third-order valence-electron chi connectivity index (χ3n) is 7.96. The summed E-state index contributed by atoms with van der Waals surface area (Å²) in [5, 5.41) is -0.950. The number of hydrogen-bond donors (Lipinski definition) is 0. The summed E-state index contributed by atoms with van der Waals surface area (Å²) in [5.41, 5.74) is 2.45. The van der Waals surface area contributed by atoms with Gasteiger partial charge in [0.15, 0.2) is 11.5 Å². The highest BCUT2D eigenvalue weighted by atomic mass is 32.2. The zero-order valence-electron chi connectivity index (χ0n) is 27.1. The second-order valence-corrected chi connectivity index (χ2v) is 13.2. The van der Waals surface area contributed by atoms with Gasteiger partial charge in [0.25, 0.3) is 0 Å². The normalized spacial score (nSPS) is 16.2. The van der Waals surface area contributed by atoms with Crippen LogP contribution in [-0.4, -0.2) is 71.9 Å². The fourth-order valence-electron chi connectivity index (χ4n) is 5.64. The molecule has 4 rings (SSSR count).